The molecule has 2 rings (SSSR count). The SMILES string of the molecule is NNOn1nnc2ccccc21. The van der Waals surface area contributed by atoms with Gasteiger partial charge in [-0.05, 0) is 17.3 Å². The van der Waals surface area contributed by atoms with Crippen molar-refractivity contribution in [1.29, 1.82) is 0 Å². The van der Waals surface area contributed by atoms with E-state index in [1.807, 2.05) is 29.9 Å². The van der Waals surface area contributed by atoms with E-state index in [0.717, 1.165) is 11.0 Å². The van der Waals surface area contributed by atoms with Gasteiger partial charge in [0.05, 0.1) is 0 Å². The molecule has 12 heavy (non-hydrogen) atoms. The Morgan fingerprint density at radius 1 is 1.42 bits per heavy atom. The van der Waals surface area contributed by atoms with Gasteiger partial charge in [-0.25, -0.2) is 5.84 Å². The van der Waals surface area contributed by atoms with Gasteiger partial charge in [0.25, 0.3) is 0 Å². The number of para-hydroxylation sites is 1. The van der Waals surface area contributed by atoms with E-state index in [0.29, 0.717) is 0 Å². The highest BCUT2D eigenvalue weighted by atomic mass is 16.8. The summed E-state index contributed by atoms with van der Waals surface area (Å²) in [6.07, 6.45) is 0. The lowest BCUT2D eigenvalue weighted by Gasteiger charge is -1.98. The number of aromatic nitrogens is 3. The van der Waals surface area contributed by atoms with Gasteiger partial charge in [-0.15, -0.1) is 5.10 Å². The fourth-order valence-electron chi connectivity index (χ4n) is 0.965. The summed E-state index contributed by atoms with van der Waals surface area (Å²) in [7, 11) is 0. The predicted molar refractivity (Wildman–Crippen MR) is 41.4 cm³/mol. The van der Waals surface area contributed by atoms with Crippen LogP contribution in [0, 0.1) is 0 Å². The van der Waals surface area contributed by atoms with Gasteiger partial charge < -0.3 is 0 Å². The molecule has 0 saturated heterocycles. The number of hydrazine groups is 1. The smallest absolute Gasteiger partial charge is 0.133 e. The second kappa shape index (κ2) is 2.76. The van der Waals surface area contributed by atoms with Crippen LogP contribution in [-0.2, 0) is 0 Å². The molecule has 0 saturated carbocycles. The number of nitrogens with one attached hydrogen (secondary N) is 1. The van der Waals surface area contributed by atoms with E-state index in [-0.39, 0.29) is 0 Å². The first kappa shape index (κ1) is 7.01. The van der Waals surface area contributed by atoms with E-state index in [9.17, 15) is 0 Å². The molecule has 0 spiro atoms. The van der Waals surface area contributed by atoms with Crippen molar-refractivity contribution in [3.8, 4) is 0 Å². The van der Waals surface area contributed by atoms with E-state index in [1.165, 1.54) is 4.85 Å². The van der Waals surface area contributed by atoms with Crippen LogP contribution in [0.3, 0.4) is 0 Å². The maximum atomic E-state index is 4.95. The monoisotopic (exact) mass is 165 g/mol. The normalized spacial score (nSPS) is 10.4. The van der Waals surface area contributed by atoms with Crippen molar-refractivity contribution in [3.63, 3.8) is 0 Å². The zero-order chi connectivity index (χ0) is 8.39. The third kappa shape index (κ3) is 0.987. The van der Waals surface area contributed by atoms with Crippen LogP contribution in [0.1, 0.15) is 0 Å². The molecule has 0 radical (unpaired) electrons. The Balaban J connectivity index is 2.55. The van der Waals surface area contributed by atoms with Crippen molar-refractivity contribution < 1.29 is 4.94 Å². The summed E-state index contributed by atoms with van der Waals surface area (Å²) in [5.74, 6) is 4.95. The molecular weight excluding hydrogens is 158 g/mol. The summed E-state index contributed by atoms with van der Waals surface area (Å²) in [6, 6.07) is 7.39. The second-order valence-corrected chi connectivity index (χ2v) is 2.16. The molecule has 0 unspecified atom stereocenters. The molecule has 3 N–H and O–H groups in total. The van der Waals surface area contributed by atoms with Crippen LogP contribution in [0.2, 0.25) is 0 Å². The molecular formula is C6H7N5O. The molecule has 6 heteroatoms. The Morgan fingerprint density at radius 2 is 2.25 bits per heavy atom. The van der Waals surface area contributed by atoms with Gasteiger partial charge in [0.1, 0.15) is 11.0 Å². The van der Waals surface area contributed by atoms with E-state index in [2.05, 4.69) is 10.3 Å². The van der Waals surface area contributed by atoms with Crippen LogP contribution in [0.25, 0.3) is 11.0 Å². The molecule has 62 valence electrons. The van der Waals surface area contributed by atoms with Crippen LogP contribution in [0.4, 0.5) is 0 Å². The van der Waals surface area contributed by atoms with Crippen LogP contribution in [0.15, 0.2) is 24.3 Å². The molecule has 0 aliphatic heterocycles. The molecule has 0 fully saturated rings. The minimum atomic E-state index is 0.757. The molecule has 0 aliphatic rings. The number of benzene rings is 1. The Morgan fingerprint density at radius 3 is 3.08 bits per heavy atom. The lowest BCUT2D eigenvalue weighted by atomic mass is 10.3. The van der Waals surface area contributed by atoms with Gasteiger partial charge in [0.2, 0.25) is 0 Å². The number of fused-ring (bicyclic) bond motifs is 1. The summed E-state index contributed by atoms with van der Waals surface area (Å²) in [4.78, 5) is 5.93. The summed E-state index contributed by atoms with van der Waals surface area (Å²) >= 11 is 0. The van der Waals surface area contributed by atoms with Gasteiger partial charge >= 0.3 is 0 Å². The predicted octanol–water partition coefficient (Wildman–Crippen LogP) is -0.762. The lowest BCUT2D eigenvalue weighted by Crippen LogP contribution is -2.33. The lowest BCUT2D eigenvalue weighted by molar-refractivity contribution is 0.00747. The van der Waals surface area contributed by atoms with Crippen molar-refractivity contribution in [2.24, 2.45) is 5.84 Å². The molecule has 0 atom stereocenters. The second-order valence-electron chi connectivity index (χ2n) is 2.16. The molecule has 1 aromatic carbocycles. The van der Waals surface area contributed by atoms with Crippen LogP contribution in [-0.4, -0.2) is 15.2 Å². The number of nitrogens with two attached hydrogens (primary N) is 1. The Hall–Kier alpha value is -1.66. The van der Waals surface area contributed by atoms with Gasteiger partial charge in [-0.2, -0.15) is 0 Å². The third-order valence-corrected chi connectivity index (χ3v) is 1.46. The van der Waals surface area contributed by atoms with Crippen molar-refractivity contribution >= 4 is 11.0 Å². The number of nitrogens with zero attached hydrogens (tertiary/aromatic N) is 3. The summed E-state index contributed by atoms with van der Waals surface area (Å²) in [5, 5.41) is 7.52. The maximum Gasteiger partial charge on any atom is 0.133 e. The zero-order valence-corrected chi connectivity index (χ0v) is 6.14. The number of rotatable bonds is 2. The minimum Gasteiger partial charge on any atom is -0.284 e. The van der Waals surface area contributed by atoms with Crippen molar-refractivity contribution in [2.45, 2.75) is 0 Å². The van der Waals surface area contributed by atoms with Gasteiger partial charge in [-0.1, -0.05) is 22.6 Å². The van der Waals surface area contributed by atoms with E-state index >= 15 is 0 Å². The van der Waals surface area contributed by atoms with Crippen molar-refractivity contribution in [1.82, 2.24) is 20.7 Å². The highest BCUT2D eigenvalue weighted by molar-refractivity contribution is 5.73. The van der Waals surface area contributed by atoms with E-state index < -0.39 is 0 Å². The summed E-state index contributed by atoms with van der Waals surface area (Å²) in [6.45, 7) is 0. The average Bonchev–Trinajstić information content (AvgIpc) is 2.50. The summed E-state index contributed by atoms with van der Waals surface area (Å²) in [5.41, 5.74) is 3.54. The largest absolute Gasteiger partial charge is 0.284 e. The molecule has 2 aromatic rings. The van der Waals surface area contributed by atoms with Crippen molar-refractivity contribution in [2.75, 3.05) is 0 Å². The fourth-order valence-corrected chi connectivity index (χ4v) is 0.965. The molecule has 0 aliphatic carbocycles. The standard InChI is InChI=1S/C6H7N5O/c7-9-12-11-6-4-2-1-3-5(6)8-10-11/h1-4,9H,7H2. The molecule has 0 amide bonds. The van der Waals surface area contributed by atoms with Gasteiger partial charge in [0.15, 0.2) is 0 Å². The molecule has 0 bridgehead atoms. The number of hydrogen-bond acceptors (Lipinski definition) is 5. The summed E-state index contributed by atoms with van der Waals surface area (Å²) < 4.78 is 0. The topological polar surface area (TPSA) is 78.0 Å². The third-order valence-electron chi connectivity index (χ3n) is 1.46. The first-order valence-corrected chi connectivity index (χ1v) is 3.35. The first-order chi connectivity index (χ1) is 5.92. The average molecular weight is 165 g/mol. The van der Waals surface area contributed by atoms with E-state index in [4.69, 9.17) is 10.8 Å². The Bertz CT molecular complexity index is 384. The molecule has 6 nitrogen and oxygen atoms in total. The van der Waals surface area contributed by atoms with Gasteiger partial charge in [-0.3, -0.25) is 4.94 Å². The molecule has 1 aromatic heterocycles. The zero-order valence-electron chi connectivity index (χ0n) is 6.14. The van der Waals surface area contributed by atoms with Crippen LogP contribution < -0.4 is 16.4 Å². The Labute approximate surface area is 67.8 Å². The van der Waals surface area contributed by atoms with Crippen LogP contribution in [0.5, 0.6) is 0 Å². The minimum absolute atomic E-state index is 0.757. The number of hydrogen-bond donors (Lipinski definition) is 2. The maximum absolute atomic E-state index is 4.95. The quantitative estimate of drug-likeness (QED) is 0.451. The van der Waals surface area contributed by atoms with Gasteiger partial charge in [0, 0.05) is 0 Å². The van der Waals surface area contributed by atoms with Crippen molar-refractivity contribution in [3.05, 3.63) is 24.3 Å². The highest BCUT2D eigenvalue weighted by Crippen LogP contribution is 2.07. The fraction of sp³-hybridized carbons (Fsp3) is 0. The van der Waals surface area contributed by atoms with E-state index in [1.54, 1.807) is 0 Å². The first-order valence-electron chi connectivity index (χ1n) is 3.35. The highest BCUT2D eigenvalue weighted by Gasteiger charge is 2.01. The molecule has 1 heterocycles. The van der Waals surface area contributed by atoms with Crippen LogP contribution >= 0.6 is 0 Å². The Kier molecular flexibility index (Phi) is 1.61.